The summed E-state index contributed by atoms with van der Waals surface area (Å²) in [6.07, 6.45) is 0.335. The highest BCUT2D eigenvalue weighted by Crippen LogP contribution is 2.44. The van der Waals surface area contributed by atoms with Crippen LogP contribution in [0.15, 0.2) is 48.5 Å². The van der Waals surface area contributed by atoms with Crippen molar-refractivity contribution in [1.82, 2.24) is 10.6 Å². The van der Waals surface area contributed by atoms with Crippen molar-refractivity contribution in [3.05, 3.63) is 59.7 Å². The predicted molar refractivity (Wildman–Crippen MR) is 130 cm³/mol. The van der Waals surface area contributed by atoms with Crippen molar-refractivity contribution < 1.29 is 24.2 Å². The number of amides is 2. The molecular formula is C27H34N2O5. The van der Waals surface area contributed by atoms with Crippen LogP contribution in [0.2, 0.25) is 0 Å². The van der Waals surface area contributed by atoms with E-state index in [1.807, 2.05) is 45.0 Å². The van der Waals surface area contributed by atoms with Crippen LogP contribution in [0.1, 0.15) is 57.6 Å². The Morgan fingerprint density at radius 2 is 1.59 bits per heavy atom. The molecule has 2 aromatic carbocycles. The number of carboxylic acids is 1. The number of carboxylic acid groups (broad SMARTS) is 1. The molecular weight excluding hydrogens is 432 g/mol. The molecule has 1 aliphatic carbocycles. The first-order chi connectivity index (χ1) is 16.2. The van der Waals surface area contributed by atoms with Gasteiger partial charge < -0.3 is 20.5 Å². The molecule has 34 heavy (non-hydrogen) atoms. The van der Waals surface area contributed by atoms with E-state index < -0.39 is 29.4 Å². The molecule has 0 spiro atoms. The third-order valence-electron chi connectivity index (χ3n) is 6.57. The highest BCUT2D eigenvalue weighted by atomic mass is 16.5. The number of alkyl carbamates (subject to hydrolysis) is 1. The summed E-state index contributed by atoms with van der Waals surface area (Å²) in [5.41, 5.74) is 3.21. The Balaban J connectivity index is 1.60. The minimum absolute atomic E-state index is 0.0485. The van der Waals surface area contributed by atoms with Gasteiger partial charge in [-0.25, -0.2) is 9.59 Å². The summed E-state index contributed by atoms with van der Waals surface area (Å²) in [5.74, 6) is -2.21. The van der Waals surface area contributed by atoms with Gasteiger partial charge in [0.15, 0.2) is 0 Å². The average Bonchev–Trinajstić information content (AvgIpc) is 3.11. The Hall–Kier alpha value is -3.35. The van der Waals surface area contributed by atoms with Gasteiger partial charge in [0.1, 0.15) is 12.1 Å². The van der Waals surface area contributed by atoms with Crippen LogP contribution in [0, 0.1) is 11.8 Å². The van der Waals surface area contributed by atoms with Gasteiger partial charge in [0.2, 0.25) is 5.91 Å². The second-order valence-electron chi connectivity index (χ2n) is 9.43. The monoisotopic (exact) mass is 466 g/mol. The quantitative estimate of drug-likeness (QED) is 0.476. The van der Waals surface area contributed by atoms with Gasteiger partial charge >= 0.3 is 12.1 Å². The zero-order chi connectivity index (χ0) is 24.9. The molecule has 0 saturated heterocycles. The molecule has 0 heterocycles. The lowest BCUT2D eigenvalue weighted by molar-refractivity contribution is -0.148. The van der Waals surface area contributed by atoms with E-state index >= 15 is 0 Å². The van der Waals surface area contributed by atoms with Crippen LogP contribution < -0.4 is 10.6 Å². The molecule has 2 unspecified atom stereocenters. The molecule has 0 fully saturated rings. The molecule has 7 heteroatoms. The van der Waals surface area contributed by atoms with Crippen molar-refractivity contribution in [2.24, 2.45) is 11.8 Å². The van der Waals surface area contributed by atoms with E-state index in [1.165, 1.54) is 6.92 Å². The van der Waals surface area contributed by atoms with Gasteiger partial charge in [-0.05, 0) is 41.5 Å². The van der Waals surface area contributed by atoms with Gasteiger partial charge in [0.25, 0.3) is 0 Å². The van der Waals surface area contributed by atoms with Crippen molar-refractivity contribution in [1.29, 1.82) is 0 Å². The van der Waals surface area contributed by atoms with Crippen molar-refractivity contribution >= 4 is 18.0 Å². The number of benzene rings is 2. The molecule has 3 rings (SSSR count). The standard InChI is InChI=1S/C27H34N2O5/c1-5-14-27(4,25(31)32)29-24(30)22(17(2)3)15-28-26(33)34-16-23-20-12-8-6-10-18(20)19-11-7-9-13-21(19)23/h6-13,17,22-23H,5,14-16H2,1-4H3,(H,28,33)(H,29,30)(H,31,32). The third kappa shape index (κ3) is 5.41. The maximum absolute atomic E-state index is 12.9. The smallest absolute Gasteiger partial charge is 0.407 e. The molecule has 7 nitrogen and oxygen atoms in total. The van der Waals surface area contributed by atoms with E-state index in [9.17, 15) is 19.5 Å². The molecule has 1 aliphatic rings. The van der Waals surface area contributed by atoms with Crippen molar-refractivity contribution in [2.45, 2.75) is 52.0 Å². The number of carbonyl (C=O) groups is 3. The first-order valence-corrected chi connectivity index (χ1v) is 11.8. The summed E-state index contributed by atoms with van der Waals surface area (Å²) in [4.78, 5) is 37.1. The first kappa shape index (κ1) is 25.3. The lowest BCUT2D eigenvalue weighted by Crippen LogP contribution is -2.55. The van der Waals surface area contributed by atoms with Gasteiger partial charge in [0.05, 0.1) is 5.92 Å². The maximum Gasteiger partial charge on any atom is 0.407 e. The number of rotatable bonds is 10. The zero-order valence-corrected chi connectivity index (χ0v) is 20.3. The number of ether oxygens (including phenoxy) is 1. The van der Waals surface area contributed by atoms with Crippen LogP contribution in [-0.4, -0.2) is 41.8 Å². The second kappa shape index (κ2) is 10.7. The van der Waals surface area contributed by atoms with Crippen LogP contribution in [-0.2, 0) is 14.3 Å². The summed E-state index contributed by atoms with van der Waals surface area (Å²) >= 11 is 0. The second-order valence-corrected chi connectivity index (χ2v) is 9.43. The minimum Gasteiger partial charge on any atom is -0.480 e. The molecule has 0 aliphatic heterocycles. The lowest BCUT2D eigenvalue weighted by atomic mass is 9.91. The number of fused-ring (bicyclic) bond motifs is 3. The highest BCUT2D eigenvalue weighted by molar-refractivity contribution is 5.88. The number of carbonyl (C=O) groups excluding carboxylic acids is 2. The normalized spacial score (nSPS) is 15.1. The Labute approximate surface area is 200 Å². The Morgan fingerprint density at radius 1 is 1.03 bits per heavy atom. The van der Waals surface area contributed by atoms with Gasteiger partial charge in [-0.2, -0.15) is 0 Å². The number of hydrogen-bond acceptors (Lipinski definition) is 4. The van der Waals surface area contributed by atoms with Crippen LogP contribution in [0.4, 0.5) is 4.79 Å². The van der Waals surface area contributed by atoms with Gasteiger partial charge in [-0.1, -0.05) is 75.7 Å². The van der Waals surface area contributed by atoms with E-state index in [0.29, 0.717) is 12.8 Å². The molecule has 2 atom stereocenters. The zero-order valence-electron chi connectivity index (χ0n) is 20.3. The van der Waals surface area contributed by atoms with Crippen LogP contribution in [0.3, 0.4) is 0 Å². The molecule has 3 N–H and O–H groups in total. The first-order valence-electron chi connectivity index (χ1n) is 11.8. The van der Waals surface area contributed by atoms with Gasteiger partial charge in [-0.3, -0.25) is 4.79 Å². The SMILES string of the molecule is CCCC(C)(NC(=O)C(CNC(=O)OCC1c2ccccc2-c2ccccc21)C(C)C)C(=O)O. The summed E-state index contributed by atoms with van der Waals surface area (Å²) in [7, 11) is 0. The summed E-state index contributed by atoms with van der Waals surface area (Å²) in [5, 5.41) is 14.9. The predicted octanol–water partition coefficient (Wildman–Crippen LogP) is 4.56. The summed E-state index contributed by atoms with van der Waals surface area (Å²) in [6, 6.07) is 16.2. The fraction of sp³-hybridized carbons (Fsp3) is 0.444. The van der Waals surface area contributed by atoms with Crippen LogP contribution >= 0.6 is 0 Å². The number of hydrogen-bond donors (Lipinski definition) is 3. The molecule has 0 bridgehead atoms. The summed E-state index contributed by atoms with van der Waals surface area (Å²) < 4.78 is 5.55. The van der Waals surface area contributed by atoms with E-state index in [4.69, 9.17) is 4.74 Å². The van der Waals surface area contributed by atoms with Crippen molar-refractivity contribution in [3.63, 3.8) is 0 Å². The summed E-state index contributed by atoms with van der Waals surface area (Å²) in [6.45, 7) is 7.34. The molecule has 0 radical (unpaired) electrons. The number of nitrogens with one attached hydrogen (secondary N) is 2. The Morgan fingerprint density at radius 3 is 2.09 bits per heavy atom. The van der Waals surface area contributed by atoms with Crippen LogP contribution in [0.5, 0.6) is 0 Å². The molecule has 182 valence electrons. The minimum atomic E-state index is -1.34. The van der Waals surface area contributed by atoms with Gasteiger partial charge in [0, 0.05) is 12.5 Å². The maximum atomic E-state index is 12.9. The Bertz CT molecular complexity index is 1010. The lowest BCUT2D eigenvalue weighted by Gasteiger charge is -2.29. The fourth-order valence-corrected chi connectivity index (χ4v) is 4.56. The van der Waals surface area contributed by atoms with Crippen molar-refractivity contribution in [2.75, 3.05) is 13.2 Å². The topological polar surface area (TPSA) is 105 Å². The fourth-order valence-electron chi connectivity index (χ4n) is 4.56. The van der Waals surface area contributed by atoms with Crippen LogP contribution in [0.25, 0.3) is 11.1 Å². The highest BCUT2D eigenvalue weighted by Gasteiger charge is 2.36. The van der Waals surface area contributed by atoms with E-state index in [1.54, 1.807) is 0 Å². The largest absolute Gasteiger partial charge is 0.480 e. The van der Waals surface area contributed by atoms with E-state index in [-0.39, 0.29) is 25.0 Å². The molecule has 0 aromatic heterocycles. The molecule has 0 saturated carbocycles. The average molecular weight is 467 g/mol. The van der Waals surface area contributed by atoms with E-state index in [0.717, 1.165) is 22.3 Å². The third-order valence-corrected chi connectivity index (χ3v) is 6.57. The number of aliphatic carboxylic acids is 1. The van der Waals surface area contributed by atoms with Gasteiger partial charge in [-0.15, -0.1) is 0 Å². The van der Waals surface area contributed by atoms with E-state index in [2.05, 4.69) is 34.9 Å². The Kier molecular flexibility index (Phi) is 7.97. The molecule has 2 aromatic rings. The molecule has 2 amide bonds. The van der Waals surface area contributed by atoms with Crippen molar-refractivity contribution in [3.8, 4) is 11.1 Å².